The van der Waals surface area contributed by atoms with Crippen molar-refractivity contribution in [3.05, 3.63) is 47.3 Å². The fourth-order valence-electron chi connectivity index (χ4n) is 3.62. The van der Waals surface area contributed by atoms with Gasteiger partial charge in [-0.2, -0.15) is 9.40 Å². The lowest BCUT2D eigenvalue weighted by molar-refractivity contribution is -0.00260. The van der Waals surface area contributed by atoms with Crippen molar-refractivity contribution in [3.63, 3.8) is 0 Å². The van der Waals surface area contributed by atoms with Crippen LogP contribution >= 0.6 is 0 Å². The van der Waals surface area contributed by atoms with Crippen LogP contribution in [0.15, 0.2) is 35.5 Å². The summed E-state index contributed by atoms with van der Waals surface area (Å²) in [5.41, 5.74) is 3.39. The highest BCUT2D eigenvalue weighted by molar-refractivity contribution is 7.89. The Morgan fingerprint density at radius 3 is 2.92 bits per heavy atom. The maximum Gasteiger partial charge on any atom is 0.243 e. The average Bonchev–Trinajstić information content (AvgIpc) is 3.30. The van der Waals surface area contributed by atoms with Gasteiger partial charge in [0, 0.05) is 31.4 Å². The van der Waals surface area contributed by atoms with Crippen molar-refractivity contribution in [2.24, 2.45) is 0 Å². The molecule has 1 aromatic heterocycles. The molecule has 134 valence electrons. The average molecular weight is 361 g/mol. The molecule has 2 heterocycles. The van der Waals surface area contributed by atoms with E-state index >= 15 is 0 Å². The number of ether oxygens (including phenoxy) is 1. The second-order valence-electron chi connectivity index (χ2n) is 6.64. The van der Waals surface area contributed by atoms with Crippen molar-refractivity contribution in [1.29, 1.82) is 0 Å². The molecule has 1 aliphatic carbocycles. The smallest absolute Gasteiger partial charge is 0.243 e. The van der Waals surface area contributed by atoms with Crippen LogP contribution in [0.3, 0.4) is 0 Å². The van der Waals surface area contributed by atoms with E-state index in [-0.39, 0.29) is 6.10 Å². The third-order valence-electron chi connectivity index (χ3n) is 5.09. The van der Waals surface area contributed by atoms with E-state index in [4.69, 9.17) is 4.74 Å². The minimum atomic E-state index is -3.50. The maximum atomic E-state index is 13.1. The lowest BCUT2D eigenvalue weighted by Gasteiger charge is -2.31. The van der Waals surface area contributed by atoms with E-state index < -0.39 is 10.0 Å². The largest absolute Gasteiger partial charge is 0.371 e. The van der Waals surface area contributed by atoms with Gasteiger partial charge in [0.05, 0.1) is 23.8 Å². The topological polar surface area (TPSA) is 64.4 Å². The summed E-state index contributed by atoms with van der Waals surface area (Å²) in [6.45, 7) is 3.91. The summed E-state index contributed by atoms with van der Waals surface area (Å²) < 4.78 is 35.3. The quantitative estimate of drug-likeness (QED) is 0.837. The fraction of sp³-hybridized carbons (Fsp3) is 0.500. The van der Waals surface area contributed by atoms with Crippen LogP contribution in [0.2, 0.25) is 0 Å². The zero-order valence-electron chi connectivity index (χ0n) is 14.4. The molecule has 2 aliphatic rings. The van der Waals surface area contributed by atoms with Gasteiger partial charge in [-0.15, -0.1) is 0 Å². The van der Waals surface area contributed by atoms with Crippen LogP contribution in [0.25, 0.3) is 0 Å². The highest BCUT2D eigenvalue weighted by Crippen LogP contribution is 2.29. The molecular weight excluding hydrogens is 338 g/mol. The van der Waals surface area contributed by atoms with Crippen molar-refractivity contribution in [3.8, 4) is 0 Å². The Hall–Kier alpha value is -1.70. The van der Waals surface area contributed by atoms with Gasteiger partial charge in [-0.25, -0.2) is 8.42 Å². The van der Waals surface area contributed by atoms with Gasteiger partial charge >= 0.3 is 0 Å². The second kappa shape index (κ2) is 6.55. The first kappa shape index (κ1) is 16.8. The predicted molar refractivity (Wildman–Crippen MR) is 93.8 cm³/mol. The van der Waals surface area contributed by atoms with Gasteiger partial charge in [0.1, 0.15) is 0 Å². The van der Waals surface area contributed by atoms with Gasteiger partial charge in [-0.3, -0.25) is 4.68 Å². The van der Waals surface area contributed by atoms with Gasteiger partial charge in [-0.05, 0) is 49.4 Å². The standard InChI is InChI=1S/C18H23N3O3S/c1-2-20-12-16(11-19-20)18-13-21(8-9-24-18)25(22,23)17-7-6-14-4-3-5-15(14)10-17/h6-7,10-12,18H,2-5,8-9,13H2,1H3/t18-/m1/s1. The predicted octanol–water partition coefficient (Wildman–Crippen LogP) is 2.15. The molecule has 0 spiro atoms. The van der Waals surface area contributed by atoms with Crippen LogP contribution in [0.5, 0.6) is 0 Å². The molecule has 4 rings (SSSR count). The Balaban J connectivity index is 1.57. The molecule has 1 aliphatic heterocycles. The van der Waals surface area contributed by atoms with Gasteiger partial charge in [-0.1, -0.05) is 6.07 Å². The van der Waals surface area contributed by atoms with Crippen molar-refractivity contribution in [2.75, 3.05) is 19.7 Å². The molecular formula is C18H23N3O3S. The molecule has 0 saturated carbocycles. The molecule has 0 radical (unpaired) electrons. The van der Waals surface area contributed by atoms with E-state index in [1.54, 1.807) is 16.6 Å². The second-order valence-corrected chi connectivity index (χ2v) is 8.57. The number of aryl methyl sites for hydroxylation is 3. The van der Waals surface area contributed by atoms with E-state index in [0.29, 0.717) is 24.6 Å². The molecule has 7 heteroatoms. The molecule has 2 aromatic rings. The third-order valence-corrected chi connectivity index (χ3v) is 6.95. The summed E-state index contributed by atoms with van der Waals surface area (Å²) in [5, 5.41) is 4.26. The maximum absolute atomic E-state index is 13.1. The van der Waals surface area contributed by atoms with Crippen molar-refractivity contribution < 1.29 is 13.2 Å². The molecule has 1 aromatic carbocycles. The number of fused-ring (bicyclic) bond motifs is 1. The summed E-state index contributed by atoms with van der Waals surface area (Å²) in [6, 6.07) is 5.58. The molecule has 0 unspecified atom stereocenters. The minimum Gasteiger partial charge on any atom is -0.371 e. The lowest BCUT2D eigenvalue weighted by atomic mass is 10.1. The molecule has 6 nitrogen and oxygen atoms in total. The zero-order valence-corrected chi connectivity index (χ0v) is 15.2. The molecule has 25 heavy (non-hydrogen) atoms. The van der Waals surface area contributed by atoms with E-state index in [1.165, 1.54) is 11.1 Å². The van der Waals surface area contributed by atoms with Gasteiger partial charge in [0.25, 0.3) is 0 Å². The lowest BCUT2D eigenvalue weighted by Crippen LogP contribution is -2.42. The summed E-state index contributed by atoms with van der Waals surface area (Å²) in [6.07, 6.45) is 6.56. The number of morpholine rings is 1. The molecule has 0 bridgehead atoms. The van der Waals surface area contributed by atoms with Crippen LogP contribution < -0.4 is 0 Å². The molecule has 1 fully saturated rings. The van der Waals surface area contributed by atoms with Gasteiger partial charge < -0.3 is 4.74 Å². The summed E-state index contributed by atoms with van der Waals surface area (Å²) in [4.78, 5) is 0.401. The van der Waals surface area contributed by atoms with Crippen molar-refractivity contribution >= 4 is 10.0 Å². The Morgan fingerprint density at radius 2 is 2.12 bits per heavy atom. The van der Waals surface area contributed by atoms with Gasteiger partial charge in [0.15, 0.2) is 0 Å². The van der Waals surface area contributed by atoms with Crippen LogP contribution in [0, 0.1) is 0 Å². The summed E-state index contributed by atoms with van der Waals surface area (Å²) in [5.74, 6) is 0. The Bertz CT molecular complexity index is 875. The normalized spacial score (nSPS) is 21.4. The van der Waals surface area contributed by atoms with E-state index in [0.717, 1.165) is 31.4 Å². The number of hydrogen-bond donors (Lipinski definition) is 0. The van der Waals surface area contributed by atoms with Crippen LogP contribution in [0.4, 0.5) is 0 Å². The molecule has 0 N–H and O–H groups in total. The third kappa shape index (κ3) is 3.12. The number of sulfonamides is 1. The fourth-order valence-corrected chi connectivity index (χ4v) is 5.10. The van der Waals surface area contributed by atoms with Crippen LogP contribution in [-0.4, -0.2) is 42.2 Å². The SMILES string of the molecule is CCn1cc([C@H]2CN(S(=O)(=O)c3ccc4c(c3)CCC4)CCO2)cn1. The Morgan fingerprint density at radius 1 is 1.28 bits per heavy atom. The Kier molecular flexibility index (Phi) is 4.39. The first-order valence-corrected chi connectivity index (χ1v) is 10.3. The molecule has 0 amide bonds. The number of benzene rings is 1. The van der Waals surface area contributed by atoms with Crippen molar-refractivity contribution in [2.45, 2.75) is 43.7 Å². The first-order chi connectivity index (χ1) is 12.1. The number of rotatable bonds is 4. The Labute approximate surface area is 148 Å². The van der Waals surface area contributed by atoms with E-state index in [9.17, 15) is 8.42 Å². The highest BCUT2D eigenvalue weighted by atomic mass is 32.2. The number of hydrogen-bond acceptors (Lipinski definition) is 4. The van der Waals surface area contributed by atoms with E-state index in [2.05, 4.69) is 5.10 Å². The minimum absolute atomic E-state index is 0.266. The first-order valence-electron chi connectivity index (χ1n) is 8.84. The van der Waals surface area contributed by atoms with Gasteiger partial charge in [0.2, 0.25) is 10.0 Å². The number of nitrogens with zero attached hydrogens (tertiary/aromatic N) is 3. The van der Waals surface area contributed by atoms with Crippen LogP contribution in [0.1, 0.15) is 36.1 Å². The van der Waals surface area contributed by atoms with Crippen molar-refractivity contribution in [1.82, 2.24) is 14.1 Å². The number of aromatic nitrogens is 2. The molecule has 1 saturated heterocycles. The summed E-state index contributed by atoms with van der Waals surface area (Å²) in [7, 11) is -3.50. The van der Waals surface area contributed by atoms with Crippen LogP contribution in [-0.2, 0) is 34.1 Å². The zero-order chi connectivity index (χ0) is 17.4. The molecule has 1 atom stereocenters. The highest BCUT2D eigenvalue weighted by Gasteiger charge is 2.32. The van der Waals surface area contributed by atoms with E-state index in [1.807, 2.05) is 29.9 Å². The monoisotopic (exact) mass is 361 g/mol. The summed E-state index contributed by atoms with van der Waals surface area (Å²) >= 11 is 0.